The van der Waals surface area contributed by atoms with Crippen molar-refractivity contribution in [3.05, 3.63) is 88.3 Å². The molecule has 0 aliphatic heterocycles. The van der Waals surface area contributed by atoms with Crippen molar-refractivity contribution in [1.82, 2.24) is 10.2 Å². The van der Waals surface area contributed by atoms with E-state index in [2.05, 4.69) is 5.32 Å². The van der Waals surface area contributed by atoms with Crippen LogP contribution in [0.15, 0.2) is 65.8 Å². The highest BCUT2D eigenvalue weighted by Crippen LogP contribution is 2.44. The number of carbonyl (C=O) groups is 2. The molecule has 8 heteroatoms. The van der Waals surface area contributed by atoms with Crippen LogP contribution in [0.3, 0.4) is 0 Å². The number of nitrogens with one attached hydrogen (secondary N) is 1. The Labute approximate surface area is 249 Å². The van der Waals surface area contributed by atoms with E-state index in [1.165, 1.54) is 6.07 Å². The van der Waals surface area contributed by atoms with Gasteiger partial charge in [-0.3, -0.25) is 9.59 Å². The minimum atomic E-state index is -1.35. The predicted octanol–water partition coefficient (Wildman–Crippen LogP) is 4.85. The van der Waals surface area contributed by atoms with Gasteiger partial charge < -0.3 is 25.8 Å². The minimum absolute atomic E-state index is 0.0639. The summed E-state index contributed by atoms with van der Waals surface area (Å²) < 4.78 is 19.9. The van der Waals surface area contributed by atoms with Crippen LogP contribution in [0.1, 0.15) is 56.7 Å². The topological polar surface area (TPSA) is 105 Å². The van der Waals surface area contributed by atoms with Crippen molar-refractivity contribution in [3.8, 4) is 5.75 Å². The SMILES string of the molecule is CCCN(CCC)C(=O)C1=CC(C)=CC(C(N)=O)([C@H](Cc2ccc(C)c(F)c2)[C@@H](O)CNCc2cccc(OC)c2)C1. The zero-order valence-electron chi connectivity index (χ0n) is 25.6. The average molecular weight is 580 g/mol. The summed E-state index contributed by atoms with van der Waals surface area (Å²) in [5.41, 5.74) is 8.15. The fourth-order valence-electron chi connectivity index (χ4n) is 5.88. The van der Waals surface area contributed by atoms with E-state index in [0.717, 1.165) is 29.7 Å². The first-order valence-corrected chi connectivity index (χ1v) is 14.8. The summed E-state index contributed by atoms with van der Waals surface area (Å²) in [5.74, 6) is -1.10. The van der Waals surface area contributed by atoms with Gasteiger partial charge in [0.25, 0.3) is 0 Å². The van der Waals surface area contributed by atoms with E-state index < -0.39 is 23.3 Å². The summed E-state index contributed by atoms with van der Waals surface area (Å²) in [6.07, 6.45) is 4.46. The Morgan fingerprint density at radius 1 is 1.12 bits per heavy atom. The number of halogens is 1. The molecular weight excluding hydrogens is 533 g/mol. The Kier molecular flexibility index (Phi) is 11.9. The van der Waals surface area contributed by atoms with E-state index in [1.807, 2.05) is 62.1 Å². The number of hydrogen-bond donors (Lipinski definition) is 3. The molecule has 0 bridgehead atoms. The van der Waals surface area contributed by atoms with Crippen LogP contribution in [-0.4, -0.2) is 54.7 Å². The number of aliphatic hydroxyl groups is 1. The molecule has 0 saturated heterocycles. The summed E-state index contributed by atoms with van der Waals surface area (Å²) in [5, 5.41) is 15.0. The molecule has 42 heavy (non-hydrogen) atoms. The number of nitrogens with two attached hydrogens (primary N) is 1. The van der Waals surface area contributed by atoms with Crippen molar-refractivity contribution < 1.29 is 23.8 Å². The van der Waals surface area contributed by atoms with Gasteiger partial charge >= 0.3 is 0 Å². The molecule has 1 aliphatic rings. The quantitative estimate of drug-likeness (QED) is 0.280. The zero-order chi connectivity index (χ0) is 30.9. The second kappa shape index (κ2) is 15.1. The number of hydrogen-bond acceptors (Lipinski definition) is 5. The van der Waals surface area contributed by atoms with Gasteiger partial charge in [0.2, 0.25) is 11.8 Å². The second-order valence-corrected chi connectivity index (χ2v) is 11.4. The number of amides is 2. The van der Waals surface area contributed by atoms with Crippen molar-refractivity contribution in [3.63, 3.8) is 0 Å². The van der Waals surface area contributed by atoms with E-state index >= 15 is 0 Å². The maximum Gasteiger partial charge on any atom is 0.249 e. The summed E-state index contributed by atoms with van der Waals surface area (Å²) in [7, 11) is 1.61. The number of allylic oxidation sites excluding steroid dienone is 2. The Balaban J connectivity index is 1.97. The van der Waals surface area contributed by atoms with Gasteiger partial charge in [-0.2, -0.15) is 0 Å². The summed E-state index contributed by atoms with van der Waals surface area (Å²) in [4.78, 5) is 28.9. The van der Waals surface area contributed by atoms with Gasteiger partial charge in [-0.15, -0.1) is 0 Å². The number of methoxy groups -OCH3 is 1. The molecule has 228 valence electrons. The van der Waals surface area contributed by atoms with Crippen LogP contribution in [-0.2, 0) is 22.6 Å². The van der Waals surface area contributed by atoms with E-state index in [0.29, 0.717) is 36.3 Å². The number of carbonyl (C=O) groups excluding carboxylic acids is 2. The Morgan fingerprint density at radius 2 is 1.83 bits per heavy atom. The van der Waals surface area contributed by atoms with Crippen LogP contribution in [0.25, 0.3) is 0 Å². The molecule has 1 unspecified atom stereocenters. The van der Waals surface area contributed by atoms with Gasteiger partial charge in [-0.05, 0) is 74.4 Å². The highest BCUT2D eigenvalue weighted by molar-refractivity contribution is 5.97. The average Bonchev–Trinajstić information content (AvgIpc) is 2.96. The van der Waals surface area contributed by atoms with E-state index in [-0.39, 0.29) is 31.1 Å². The highest BCUT2D eigenvalue weighted by Gasteiger charge is 2.48. The zero-order valence-corrected chi connectivity index (χ0v) is 25.6. The number of ether oxygens (including phenoxy) is 1. The Hall–Kier alpha value is -3.49. The molecule has 2 aromatic carbocycles. The van der Waals surface area contributed by atoms with Crippen molar-refractivity contribution in [2.45, 2.75) is 66.0 Å². The number of rotatable bonds is 15. The lowest BCUT2D eigenvalue weighted by Gasteiger charge is -2.42. The Bertz CT molecular complexity index is 1300. The smallest absolute Gasteiger partial charge is 0.249 e. The van der Waals surface area contributed by atoms with Crippen molar-refractivity contribution in [1.29, 1.82) is 0 Å². The van der Waals surface area contributed by atoms with Crippen LogP contribution in [0.4, 0.5) is 4.39 Å². The first-order valence-electron chi connectivity index (χ1n) is 14.8. The number of nitrogens with zero attached hydrogens (tertiary/aromatic N) is 1. The molecule has 0 radical (unpaired) electrons. The number of benzene rings is 2. The van der Waals surface area contributed by atoms with Crippen molar-refractivity contribution in [2.75, 3.05) is 26.7 Å². The highest BCUT2D eigenvalue weighted by atomic mass is 19.1. The molecule has 1 aliphatic carbocycles. The second-order valence-electron chi connectivity index (χ2n) is 11.4. The lowest BCUT2D eigenvalue weighted by atomic mass is 9.63. The van der Waals surface area contributed by atoms with Crippen LogP contribution in [0.5, 0.6) is 5.75 Å². The third-order valence-electron chi connectivity index (χ3n) is 8.01. The van der Waals surface area contributed by atoms with Gasteiger partial charge in [0, 0.05) is 37.7 Å². The summed E-state index contributed by atoms with van der Waals surface area (Å²) in [6.45, 7) is 9.41. The predicted molar refractivity (Wildman–Crippen MR) is 164 cm³/mol. The number of aryl methyl sites for hydroxylation is 1. The summed E-state index contributed by atoms with van der Waals surface area (Å²) >= 11 is 0. The molecule has 2 aromatic rings. The fourth-order valence-corrected chi connectivity index (χ4v) is 5.88. The Morgan fingerprint density at radius 3 is 2.45 bits per heavy atom. The molecule has 0 aromatic heterocycles. The molecule has 7 nitrogen and oxygen atoms in total. The molecule has 0 saturated carbocycles. The monoisotopic (exact) mass is 579 g/mol. The standard InChI is InChI=1S/C34H46FN3O4/c1-6-13-38(14-7-2)32(40)27-15-23(3)19-34(20-27,33(36)41)29(17-25-12-11-24(4)30(35)18-25)31(39)22-37-21-26-9-8-10-28(16-26)42-5/h8-12,15-16,18-19,29,31,37,39H,6-7,13-14,17,20-22H2,1-5H3,(H2,36,41)/t29-,31+,34?/m1/s1. The van der Waals surface area contributed by atoms with Crippen molar-refractivity contribution >= 4 is 11.8 Å². The molecular formula is C34H46FN3O4. The molecule has 0 heterocycles. The van der Waals surface area contributed by atoms with Crippen molar-refractivity contribution in [2.24, 2.45) is 17.1 Å². The van der Waals surface area contributed by atoms with Gasteiger partial charge in [-0.1, -0.05) is 55.8 Å². The maximum atomic E-state index is 14.6. The van der Waals surface area contributed by atoms with Crippen LogP contribution in [0.2, 0.25) is 0 Å². The minimum Gasteiger partial charge on any atom is -0.497 e. The molecule has 0 fully saturated rings. The van der Waals surface area contributed by atoms with Crippen LogP contribution >= 0.6 is 0 Å². The van der Waals surface area contributed by atoms with E-state index in [4.69, 9.17) is 10.5 Å². The molecule has 3 atom stereocenters. The lowest BCUT2D eigenvalue weighted by molar-refractivity contribution is -0.132. The fraction of sp³-hybridized carbons (Fsp3) is 0.471. The molecule has 3 rings (SSSR count). The third kappa shape index (κ3) is 8.07. The molecule has 0 spiro atoms. The number of aliphatic hydroxyl groups excluding tert-OH is 1. The lowest BCUT2D eigenvalue weighted by Crippen LogP contribution is -2.51. The largest absolute Gasteiger partial charge is 0.497 e. The van der Waals surface area contributed by atoms with Gasteiger partial charge in [0.15, 0.2) is 0 Å². The molecule has 2 amide bonds. The first-order chi connectivity index (χ1) is 20.0. The first kappa shape index (κ1) is 33.0. The van der Waals surface area contributed by atoms with Crippen LogP contribution < -0.4 is 15.8 Å². The van der Waals surface area contributed by atoms with Gasteiger partial charge in [-0.25, -0.2) is 4.39 Å². The third-order valence-corrected chi connectivity index (χ3v) is 8.01. The van der Waals surface area contributed by atoms with Crippen LogP contribution in [0, 0.1) is 24.1 Å². The van der Waals surface area contributed by atoms with Gasteiger partial charge in [0.05, 0.1) is 18.6 Å². The normalized spacial score (nSPS) is 18.1. The van der Waals surface area contributed by atoms with E-state index in [1.54, 1.807) is 26.2 Å². The van der Waals surface area contributed by atoms with E-state index in [9.17, 15) is 19.1 Å². The number of primary amides is 1. The molecule has 4 N–H and O–H groups in total. The van der Waals surface area contributed by atoms with Gasteiger partial charge in [0.1, 0.15) is 11.6 Å². The maximum absolute atomic E-state index is 14.6. The summed E-state index contributed by atoms with van der Waals surface area (Å²) in [6, 6.07) is 12.6.